The Balaban J connectivity index is 1.61. The smallest absolute Gasteiger partial charge is 0.269 e. The number of nitro benzene ring substituents is 1. The van der Waals surface area contributed by atoms with Gasteiger partial charge >= 0.3 is 0 Å². The zero-order valence-corrected chi connectivity index (χ0v) is 21.3. The van der Waals surface area contributed by atoms with E-state index >= 15 is 0 Å². The predicted octanol–water partition coefficient (Wildman–Crippen LogP) is 5.62. The van der Waals surface area contributed by atoms with E-state index in [0.717, 1.165) is 22.3 Å². The number of non-ortho nitro benzene ring substituents is 1. The molecule has 7 nitrogen and oxygen atoms in total. The van der Waals surface area contributed by atoms with Crippen molar-refractivity contribution >= 4 is 40.1 Å². The number of amides is 2. The molecule has 2 amide bonds. The molecule has 2 fully saturated rings. The minimum Gasteiger partial charge on any atom is -0.298 e. The van der Waals surface area contributed by atoms with Crippen molar-refractivity contribution in [1.82, 2.24) is 0 Å². The van der Waals surface area contributed by atoms with Crippen LogP contribution >= 0.6 is 0 Å². The van der Waals surface area contributed by atoms with Crippen molar-refractivity contribution in [3.63, 3.8) is 0 Å². The summed E-state index contributed by atoms with van der Waals surface area (Å²) in [6, 6.07) is 23.4. The molecular weight excluding hydrogens is 480 g/mol. The average molecular weight is 507 g/mol. The molecule has 1 saturated heterocycles. The molecule has 4 unspecified atom stereocenters. The van der Waals surface area contributed by atoms with E-state index in [1.807, 2.05) is 74.5 Å². The number of nitrogens with zero attached hydrogens (tertiary/aromatic N) is 2. The van der Waals surface area contributed by atoms with Crippen molar-refractivity contribution in [3.8, 4) is 0 Å². The number of benzene rings is 3. The van der Waals surface area contributed by atoms with Gasteiger partial charge in [-0.1, -0.05) is 67.6 Å². The molecule has 3 aromatic carbocycles. The first kappa shape index (κ1) is 24.0. The van der Waals surface area contributed by atoms with E-state index in [-0.39, 0.29) is 11.5 Å². The number of Topliss-reactive ketones (excluding diaryl/α,β-unsaturated/α-hetero) is 1. The second-order valence-corrected chi connectivity index (χ2v) is 10.5. The van der Waals surface area contributed by atoms with Gasteiger partial charge in [-0.15, -0.1) is 0 Å². The highest BCUT2D eigenvalue weighted by Gasteiger charge is 2.79. The normalized spacial score (nSPS) is 27.9. The molecule has 3 aliphatic rings. The quantitative estimate of drug-likeness (QED) is 0.254. The van der Waals surface area contributed by atoms with Crippen molar-refractivity contribution in [2.45, 2.75) is 27.2 Å². The van der Waals surface area contributed by atoms with Crippen LogP contribution in [0.1, 0.15) is 37.0 Å². The molecular formula is C31H26N2O5. The minimum atomic E-state index is -1.20. The van der Waals surface area contributed by atoms with E-state index in [4.69, 9.17) is 0 Å². The number of imide groups is 1. The molecule has 2 aliphatic carbocycles. The van der Waals surface area contributed by atoms with Crippen LogP contribution in [0.25, 0.3) is 11.1 Å². The first-order chi connectivity index (χ1) is 18.2. The van der Waals surface area contributed by atoms with Gasteiger partial charge in [0.15, 0.2) is 5.78 Å². The Labute approximate surface area is 219 Å². The molecule has 2 bridgehead atoms. The van der Waals surface area contributed by atoms with Crippen LogP contribution in [0.4, 0.5) is 11.4 Å². The van der Waals surface area contributed by atoms with E-state index < -0.39 is 39.4 Å². The minimum absolute atomic E-state index is 0.0815. The average Bonchev–Trinajstić information content (AvgIpc) is 3.39. The Kier molecular flexibility index (Phi) is 5.08. The fourth-order valence-electron chi connectivity index (χ4n) is 7.37. The van der Waals surface area contributed by atoms with Crippen LogP contribution in [-0.2, 0) is 14.4 Å². The number of carbonyl (C=O) groups excluding carboxylic acids is 3. The van der Waals surface area contributed by atoms with E-state index in [0.29, 0.717) is 17.7 Å². The van der Waals surface area contributed by atoms with Gasteiger partial charge in [0.25, 0.3) is 5.69 Å². The van der Waals surface area contributed by atoms with E-state index in [2.05, 4.69) is 0 Å². The summed E-state index contributed by atoms with van der Waals surface area (Å²) >= 11 is 0. The van der Waals surface area contributed by atoms with Crippen LogP contribution in [0, 0.1) is 39.7 Å². The van der Waals surface area contributed by atoms with Crippen molar-refractivity contribution < 1.29 is 19.3 Å². The summed E-state index contributed by atoms with van der Waals surface area (Å²) in [6.45, 7) is 5.38. The highest BCUT2D eigenvalue weighted by atomic mass is 16.6. The molecule has 3 aromatic rings. The lowest BCUT2D eigenvalue weighted by atomic mass is 9.62. The maximum Gasteiger partial charge on any atom is 0.269 e. The monoisotopic (exact) mass is 506 g/mol. The van der Waals surface area contributed by atoms with Gasteiger partial charge in [-0.25, -0.2) is 4.90 Å². The lowest BCUT2D eigenvalue weighted by Gasteiger charge is -2.37. The SMILES string of the molecule is CCC12C(=O)C(C)(C(c3ccccc3)=C1c1ccccc1)C1C(=O)N(c3ccc([N+](=O)[O-])cc3C)C(=O)C12. The van der Waals surface area contributed by atoms with Crippen molar-refractivity contribution in [3.05, 3.63) is 106 Å². The van der Waals surface area contributed by atoms with Crippen LogP contribution in [0.3, 0.4) is 0 Å². The van der Waals surface area contributed by atoms with Crippen LogP contribution in [0.15, 0.2) is 78.9 Å². The number of ketones is 1. The third-order valence-corrected chi connectivity index (χ3v) is 8.87. The number of carbonyl (C=O) groups is 3. The predicted molar refractivity (Wildman–Crippen MR) is 143 cm³/mol. The Morgan fingerprint density at radius 1 is 0.842 bits per heavy atom. The summed E-state index contributed by atoms with van der Waals surface area (Å²) in [4.78, 5) is 54.9. The van der Waals surface area contributed by atoms with Crippen LogP contribution in [0.5, 0.6) is 0 Å². The van der Waals surface area contributed by atoms with Crippen LogP contribution in [-0.4, -0.2) is 22.5 Å². The lowest BCUT2D eigenvalue weighted by molar-refractivity contribution is -0.384. The summed E-state index contributed by atoms with van der Waals surface area (Å²) in [5.74, 6) is -2.64. The number of aryl methyl sites for hydroxylation is 1. The standard InChI is InChI=1S/C31H26N2O5/c1-4-31-24(20-13-9-6-10-14-20)23(19-11-7-5-8-12-19)30(3,29(31)36)25-26(31)28(35)32(27(25)34)22-16-15-21(33(37)38)17-18(22)2/h5-17,25-26H,4H2,1-3H3. The summed E-state index contributed by atoms with van der Waals surface area (Å²) in [7, 11) is 0. The molecule has 1 heterocycles. The highest BCUT2D eigenvalue weighted by molar-refractivity contribution is 6.34. The molecule has 7 heteroatoms. The number of allylic oxidation sites excluding steroid dienone is 2. The van der Waals surface area contributed by atoms with Gasteiger partial charge in [0.05, 0.1) is 33.3 Å². The Hall–Kier alpha value is -4.39. The largest absolute Gasteiger partial charge is 0.298 e. The number of hydrogen-bond acceptors (Lipinski definition) is 5. The fourth-order valence-corrected chi connectivity index (χ4v) is 7.37. The third kappa shape index (κ3) is 2.76. The summed E-state index contributed by atoms with van der Waals surface area (Å²) in [6.07, 6.45) is 0.370. The molecule has 1 saturated carbocycles. The first-order valence-corrected chi connectivity index (χ1v) is 12.7. The van der Waals surface area contributed by atoms with Crippen molar-refractivity contribution in [2.24, 2.45) is 22.7 Å². The van der Waals surface area contributed by atoms with Crippen LogP contribution < -0.4 is 4.90 Å². The van der Waals surface area contributed by atoms with E-state index in [1.165, 1.54) is 23.1 Å². The van der Waals surface area contributed by atoms with Gasteiger partial charge in [-0.3, -0.25) is 24.5 Å². The molecule has 6 rings (SSSR count). The molecule has 4 atom stereocenters. The molecule has 0 radical (unpaired) electrons. The second-order valence-electron chi connectivity index (χ2n) is 10.5. The van der Waals surface area contributed by atoms with Crippen LogP contribution in [0.2, 0.25) is 0 Å². The molecule has 0 spiro atoms. The fraction of sp³-hybridized carbons (Fsp3) is 0.258. The van der Waals surface area contributed by atoms with Gasteiger partial charge in [0, 0.05) is 12.1 Å². The van der Waals surface area contributed by atoms with Gasteiger partial charge in [0.1, 0.15) is 0 Å². The van der Waals surface area contributed by atoms with Gasteiger partial charge in [-0.2, -0.15) is 0 Å². The Morgan fingerprint density at radius 3 is 1.92 bits per heavy atom. The molecule has 38 heavy (non-hydrogen) atoms. The molecule has 0 N–H and O–H groups in total. The molecule has 190 valence electrons. The highest BCUT2D eigenvalue weighted by Crippen LogP contribution is 2.74. The Bertz CT molecular complexity index is 1580. The zero-order chi connectivity index (χ0) is 27.0. The number of hydrogen-bond donors (Lipinski definition) is 0. The third-order valence-electron chi connectivity index (χ3n) is 8.87. The van der Waals surface area contributed by atoms with E-state index in [9.17, 15) is 24.5 Å². The molecule has 0 aromatic heterocycles. The second kappa shape index (κ2) is 8.05. The maximum atomic E-state index is 14.5. The van der Waals surface area contributed by atoms with Crippen molar-refractivity contribution in [1.29, 1.82) is 0 Å². The van der Waals surface area contributed by atoms with Gasteiger partial charge in [-0.05, 0) is 54.2 Å². The first-order valence-electron chi connectivity index (χ1n) is 12.7. The maximum absolute atomic E-state index is 14.5. The topological polar surface area (TPSA) is 97.6 Å². The number of rotatable bonds is 5. The van der Waals surface area contributed by atoms with Gasteiger partial charge in [0.2, 0.25) is 11.8 Å². The number of anilines is 1. The summed E-state index contributed by atoms with van der Waals surface area (Å²) in [5.41, 5.74) is 1.65. The summed E-state index contributed by atoms with van der Waals surface area (Å²) < 4.78 is 0. The number of nitro groups is 1. The Morgan fingerprint density at radius 2 is 1.39 bits per heavy atom. The van der Waals surface area contributed by atoms with E-state index in [1.54, 1.807) is 6.92 Å². The lowest BCUT2D eigenvalue weighted by Crippen LogP contribution is -2.41. The summed E-state index contributed by atoms with van der Waals surface area (Å²) in [5, 5.41) is 11.3. The van der Waals surface area contributed by atoms with Crippen molar-refractivity contribution in [2.75, 3.05) is 4.90 Å². The molecule has 1 aliphatic heterocycles. The van der Waals surface area contributed by atoms with Gasteiger partial charge < -0.3 is 0 Å². The zero-order valence-electron chi connectivity index (χ0n) is 21.3. The number of fused-ring (bicyclic) bond motifs is 5.